The van der Waals surface area contributed by atoms with Crippen LogP contribution in [0.15, 0.2) is 36.7 Å². The van der Waals surface area contributed by atoms with Gasteiger partial charge >= 0.3 is 6.18 Å². The van der Waals surface area contributed by atoms with Gasteiger partial charge in [-0.25, -0.2) is 4.98 Å². The molecule has 0 aromatic carbocycles. The Hall–Kier alpha value is -3.69. The van der Waals surface area contributed by atoms with E-state index in [1.165, 1.54) is 7.05 Å². The maximum absolute atomic E-state index is 13.6. The molecule has 4 aromatic rings. The van der Waals surface area contributed by atoms with Crippen LogP contribution in [0.1, 0.15) is 16.8 Å². The molecule has 0 saturated heterocycles. The van der Waals surface area contributed by atoms with Crippen molar-refractivity contribution in [2.45, 2.75) is 45.5 Å². The van der Waals surface area contributed by atoms with Crippen LogP contribution in [0.4, 0.5) is 24.8 Å². The SMILES string of the molecule is Cc1cccc(-c2cc(Nc3nn(C)cc3C(F)(F)F)nc3c2c(C#N)cn3COCC[Si](C)(C)C)n1. The van der Waals surface area contributed by atoms with Gasteiger partial charge in [0, 0.05) is 50.8 Å². The Kier molecular flexibility index (Phi) is 7.12. The van der Waals surface area contributed by atoms with E-state index in [9.17, 15) is 18.4 Å². The summed E-state index contributed by atoms with van der Waals surface area (Å²) in [5, 5.41) is 17.1. The fourth-order valence-corrected chi connectivity index (χ4v) is 4.64. The van der Waals surface area contributed by atoms with Gasteiger partial charge < -0.3 is 14.6 Å². The smallest absolute Gasteiger partial charge is 0.361 e. The molecule has 0 aliphatic carbocycles. The first kappa shape index (κ1) is 26.4. The third kappa shape index (κ3) is 6.00. The van der Waals surface area contributed by atoms with Gasteiger partial charge in [-0.2, -0.15) is 23.5 Å². The van der Waals surface area contributed by atoms with Crippen LogP contribution in [-0.2, 0) is 24.7 Å². The second kappa shape index (κ2) is 9.99. The number of alkyl halides is 3. The zero-order valence-electron chi connectivity index (χ0n) is 21.3. The van der Waals surface area contributed by atoms with Crippen molar-refractivity contribution in [3.05, 3.63) is 53.5 Å². The lowest BCUT2D eigenvalue weighted by atomic mass is 10.1. The van der Waals surface area contributed by atoms with Crippen molar-refractivity contribution in [3.8, 4) is 17.3 Å². The van der Waals surface area contributed by atoms with Crippen molar-refractivity contribution in [3.63, 3.8) is 0 Å². The first-order valence-corrected chi connectivity index (χ1v) is 15.4. The van der Waals surface area contributed by atoms with Gasteiger partial charge in [0.05, 0.1) is 11.3 Å². The number of anilines is 2. The summed E-state index contributed by atoms with van der Waals surface area (Å²) in [6.45, 7) is 9.31. The van der Waals surface area contributed by atoms with Crippen LogP contribution in [0, 0.1) is 18.3 Å². The van der Waals surface area contributed by atoms with E-state index in [1.807, 2.05) is 19.1 Å². The van der Waals surface area contributed by atoms with Crippen LogP contribution >= 0.6 is 0 Å². The molecule has 0 aliphatic heterocycles. The number of ether oxygens (including phenoxy) is 1. The highest BCUT2D eigenvalue weighted by Gasteiger charge is 2.36. The molecule has 0 amide bonds. The monoisotopic (exact) mass is 527 g/mol. The zero-order chi connectivity index (χ0) is 27.0. The molecular formula is C25H28F3N7OSi. The summed E-state index contributed by atoms with van der Waals surface area (Å²) in [5.74, 6) is -0.226. The predicted molar refractivity (Wildman–Crippen MR) is 138 cm³/mol. The highest BCUT2D eigenvalue weighted by molar-refractivity contribution is 6.76. The Labute approximate surface area is 213 Å². The molecule has 4 aromatic heterocycles. The molecule has 0 radical (unpaired) electrons. The van der Waals surface area contributed by atoms with Crippen molar-refractivity contribution in [1.82, 2.24) is 24.3 Å². The highest BCUT2D eigenvalue weighted by Crippen LogP contribution is 2.37. The molecule has 0 saturated carbocycles. The van der Waals surface area contributed by atoms with Crippen LogP contribution in [0.3, 0.4) is 0 Å². The Balaban J connectivity index is 1.84. The summed E-state index contributed by atoms with van der Waals surface area (Å²) in [5.41, 5.74) is 1.76. The summed E-state index contributed by atoms with van der Waals surface area (Å²) in [6.07, 6.45) is -2.04. The number of rotatable bonds is 8. The number of pyridine rings is 2. The van der Waals surface area contributed by atoms with Crippen LogP contribution in [-0.4, -0.2) is 39.0 Å². The van der Waals surface area contributed by atoms with Gasteiger partial charge in [-0.3, -0.25) is 9.67 Å². The van der Waals surface area contributed by atoms with Crippen LogP contribution in [0.5, 0.6) is 0 Å². The van der Waals surface area contributed by atoms with Crippen LogP contribution in [0.2, 0.25) is 25.7 Å². The number of halogens is 3. The van der Waals surface area contributed by atoms with Gasteiger partial charge in [0.1, 0.15) is 29.8 Å². The first-order chi connectivity index (χ1) is 17.4. The molecule has 194 valence electrons. The molecular weight excluding hydrogens is 499 g/mol. The second-order valence-corrected chi connectivity index (χ2v) is 15.7. The van der Waals surface area contributed by atoms with Crippen molar-refractivity contribution in [2.75, 3.05) is 11.9 Å². The predicted octanol–water partition coefficient (Wildman–Crippen LogP) is 6.09. The molecule has 8 nitrogen and oxygen atoms in total. The summed E-state index contributed by atoms with van der Waals surface area (Å²) in [6, 6.07) is 10.2. The lowest BCUT2D eigenvalue weighted by Crippen LogP contribution is -2.22. The van der Waals surface area contributed by atoms with Gasteiger partial charge in [-0.15, -0.1) is 0 Å². The Morgan fingerprint density at radius 3 is 2.57 bits per heavy atom. The average molecular weight is 528 g/mol. The molecule has 12 heteroatoms. The number of hydrogen-bond acceptors (Lipinski definition) is 6. The second-order valence-electron chi connectivity index (χ2n) is 10.1. The maximum atomic E-state index is 13.6. The minimum Gasteiger partial charge on any atom is -0.361 e. The van der Waals surface area contributed by atoms with Crippen molar-refractivity contribution in [2.24, 2.45) is 7.05 Å². The molecule has 1 N–H and O–H groups in total. The standard InChI is InChI=1S/C25H28F3N7OSi/c1-16-7-6-8-20(30-16)18-11-21(31-23-19(25(26,27)28)14-34(2)33-23)32-24-22(18)17(12-29)13-35(24)15-36-9-10-37(3,4)5/h6-8,11,13-14H,9-10,15H2,1-5H3,(H,31,32,33). The van der Waals surface area contributed by atoms with Crippen LogP contribution < -0.4 is 5.32 Å². The van der Waals surface area contributed by atoms with Crippen molar-refractivity contribution >= 4 is 30.7 Å². The van der Waals surface area contributed by atoms with E-state index in [-0.39, 0.29) is 18.4 Å². The molecule has 0 aliphatic rings. The lowest BCUT2D eigenvalue weighted by Gasteiger charge is -2.16. The Morgan fingerprint density at radius 2 is 1.92 bits per heavy atom. The van der Waals surface area contributed by atoms with Crippen molar-refractivity contribution < 1.29 is 17.9 Å². The topological polar surface area (TPSA) is 93.6 Å². The minimum absolute atomic E-state index is 0.140. The fourth-order valence-electron chi connectivity index (χ4n) is 3.88. The van der Waals surface area contributed by atoms with E-state index >= 15 is 0 Å². The lowest BCUT2D eigenvalue weighted by molar-refractivity contribution is -0.137. The fraction of sp³-hybridized carbons (Fsp3) is 0.360. The minimum atomic E-state index is -4.60. The van der Waals surface area contributed by atoms with Gasteiger partial charge in [0.15, 0.2) is 5.82 Å². The number of fused-ring (bicyclic) bond motifs is 1. The highest BCUT2D eigenvalue weighted by atomic mass is 28.3. The molecule has 0 spiro atoms. The van der Waals surface area contributed by atoms with E-state index in [1.54, 1.807) is 22.9 Å². The normalized spacial score (nSPS) is 12.2. The number of nitrogens with one attached hydrogen (secondary N) is 1. The quantitative estimate of drug-likeness (QED) is 0.220. The Morgan fingerprint density at radius 1 is 1.16 bits per heavy atom. The molecule has 4 rings (SSSR count). The number of aromatic nitrogens is 5. The molecule has 0 atom stereocenters. The number of hydrogen-bond donors (Lipinski definition) is 1. The third-order valence-corrected chi connectivity index (χ3v) is 7.42. The maximum Gasteiger partial charge on any atom is 0.421 e. The molecule has 4 heterocycles. The average Bonchev–Trinajstić information content (AvgIpc) is 3.35. The molecule has 0 bridgehead atoms. The summed E-state index contributed by atoms with van der Waals surface area (Å²) in [7, 11) is 0.116. The number of nitrogens with zero attached hydrogens (tertiary/aromatic N) is 6. The molecule has 0 unspecified atom stereocenters. The van der Waals surface area contributed by atoms with E-state index in [4.69, 9.17) is 4.74 Å². The van der Waals surface area contributed by atoms with Gasteiger partial charge in [-0.05, 0) is 31.2 Å². The molecule has 0 fully saturated rings. The first-order valence-electron chi connectivity index (χ1n) is 11.7. The van der Waals surface area contributed by atoms with Crippen LogP contribution in [0.25, 0.3) is 22.3 Å². The van der Waals surface area contributed by atoms with Gasteiger partial charge in [0.25, 0.3) is 0 Å². The Bertz CT molecular complexity index is 1480. The molecule has 37 heavy (non-hydrogen) atoms. The van der Waals surface area contributed by atoms with Gasteiger partial charge in [0.2, 0.25) is 0 Å². The summed E-state index contributed by atoms with van der Waals surface area (Å²) < 4.78 is 49.5. The third-order valence-electron chi connectivity index (χ3n) is 5.72. The van der Waals surface area contributed by atoms with Crippen molar-refractivity contribution in [1.29, 1.82) is 5.26 Å². The van der Waals surface area contributed by atoms with E-state index in [2.05, 4.69) is 46.1 Å². The summed E-state index contributed by atoms with van der Waals surface area (Å²) in [4.78, 5) is 9.18. The van der Waals surface area contributed by atoms with E-state index in [0.717, 1.165) is 22.6 Å². The number of aryl methyl sites for hydroxylation is 2. The van der Waals surface area contributed by atoms with E-state index in [0.29, 0.717) is 34.5 Å². The summed E-state index contributed by atoms with van der Waals surface area (Å²) >= 11 is 0. The van der Waals surface area contributed by atoms with E-state index < -0.39 is 19.8 Å². The largest absolute Gasteiger partial charge is 0.421 e. The zero-order valence-corrected chi connectivity index (χ0v) is 22.3. The number of nitriles is 1. The van der Waals surface area contributed by atoms with Gasteiger partial charge in [-0.1, -0.05) is 25.7 Å².